The molecule has 1 amide bonds. The minimum atomic E-state index is -1.12. The number of carbonyl (C=O) groups is 2. The van der Waals surface area contributed by atoms with Gasteiger partial charge in [0.2, 0.25) is 0 Å². The molecule has 0 radical (unpaired) electrons. The maximum absolute atomic E-state index is 13.4. The monoisotopic (exact) mass is 359 g/mol. The van der Waals surface area contributed by atoms with Crippen LogP contribution in [0.15, 0.2) is 12.1 Å². The van der Waals surface area contributed by atoms with Crippen molar-refractivity contribution in [2.45, 2.75) is 26.7 Å². The third-order valence-corrected chi connectivity index (χ3v) is 5.48. The van der Waals surface area contributed by atoms with Crippen LogP contribution in [-0.4, -0.2) is 23.6 Å². The maximum atomic E-state index is 13.4. The molecule has 3 nitrogen and oxygen atoms in total. The smallest absolute Gasteiger partial charge is 0.299 e. The number of amides is 1. The molecule has 2 rings (SSSR count). The van der Waals surface area contributed by atoms with Gasteiger partial charge in [0.1, 0.15) is 0 Å². The van der Waals surface area contributed by atoms with Crippen LogP contribution in [0.1, 0.15) is 37.0 Å². The fourth-order valence-electron chi connectivity index (χ4n) is 2.49. The van der Waals surface area contributed by atoms with Gasteiger partial charge < -0.3 is 4.90 Å². The number of carbonyl (C=O) groups excluding carboxylic acids is 2. The highest BCUT2D eigenvalue weighted by Gasteiger charge is 2.40. The van der Waals surface area contributed by atoms with E-state index in [-0.39, 0.29) is 16.7 Å². The fourth-order valence-corrected chi connectivity index (χ4v) is 3.46. The molecule has 1 aromatic rings. The van der Waals surface area contributed by atoms with E-state index in [1.165, 1.54) is 4.90 Å². The van der Waals surface area contributed by atoms with E-state index in [1.807, 2.05) is 13.8 Å². The van der Waals surface area contributed by atoms with Crippen LogP contribution in [0.5, 0.6) is 0 Å². The van der Waals surface area contributed by atoms with Crippen LogP contribution in [-0.2, 0) is 4.79 Å². The molecule has 0 fully saturated rings. The molecule has 1 aromatic carbocycles. The second-order valence-electron chi connectivity index (χ2n) is 5.34. The molecule has 1 aliphatic rings. The quantitative estimate of drug-likeness (QED) is 0.593. The van der Waals surface area contributed by atoms with Crippen molar-refractivity contribution >= 4 is 33.3 Å². The molecule has 114 valence electrons. The molecule has 0 N–H and O–H groups in total. The second kappa shape index (κ2) is 5.83. The summed E-state index contributed by atoms with van der Waals surface area (Å²) in [4.78, 5) is 25.3. The van der Waals surface area contributed by atoms with Crippen LogP contribution < -0.4 is 4.90 Å². The molecule has 1 aliphatic heterocycles. The van der Waals surface area contributed by atoms with E-state index in [0.29, 0.717) is 11.9 Å². The van der Waals surface area contributed by atoms with Gasteiger partial charge in [0.15, 0.2) is 11.6 Å². The van der Waals surface area contributed by atoms with Gasteiger partial charge in [0.05, 0.1) is 11.3 Å². The van der Waals surface area contributed by atoms with Crippen molar-refractivity contribution in [3.05, 3.63) is 29.3 Å². The zero-order valence-electron chi connectivity index (χ0n) is 11.9. The van der Waals surface area contributed by atoms with Gasteiger partial charge in [-0.15, -0.1) is 0 Å². The lowest BCUT2D eigenvalue weighted by molar-refractivity contribution is -0.114. The van der Waals surface area contributed by atoms with Crippen LogP contribution in [0.25, 0.3) is 0 Å². The molecular formula is C15H16BrF2NO2. The van der Waals surface area contributed by atoms with Gasteiger partial charge >= 0.3 is 0 Å². The number of nitrogens with zero attached hydrogens (tertiary/aromatic N) is 1. The van der Waals surface area contributed by atoms with E-state index >= 15 is 0 Å². The molecule has 0 spiro atoms. The van der Waals surface area contributed by atoms with Crippen molar-refractivity contribution < 1.29 is 18.4 Å². The largest absolute Gasteiger partial charge is 0.304 e. The zero-order valence-corrected chi connectivity index (χ0v) is 13.5. The van der Waals surface area contributed by atoms with Crippen molar-refractivity contribution in [1.29, 1.82) is 0 Å². The molecule has 0 unspecified atom stereocenters. The van der Waals surface area contributed by atoms with Crippen LogP contribution in [0, 0.1) is 17.0 Å². The number of halogens is 3. The first kappa shape index (κ1) is 16.1. The maximum Gasteiger partial charge on any atom is 0.299 e. The van der Waals surface area contributed by atoms with Gasteiger partial charge in [-0.2, -0.15) is 0 Å². The average Bonchev–Trinajstić information content (AvgIpc) is 2.70. The Hall–Kier alpha value is -1.30. The number of fused-ring (bicyclic) bond motifs is 1. The normalized spacial score (nSPS) is 14.8. The summed E-state index contributed by atoms with van der Waals surface area (Å²) >= 11 is 3.44. The van der Waals surface area contributed by atoms with E-state index in [9.17, 15) is 18.4 Å². The van der Waals surface area contributed by atoms with Crippen molar-refractivity contribution in [3.63, 3.8) is 0 Å². The Morgan fingerprint density at radius 1 is 1.14 bits per heavy atom. The summed E-state index contributed by atoms with van der Waals surface area (Å²) in [7, 11) is 0. The Labute approximate surface area is 130 Å². The summed E-state index contributed by atoms with van der Waals surface area (Å²) in [6, 6.07) is 1.73. The van der Waals surface area contributed by atoms with Crippen LogP contribution in [0.4, 0.5) is 14.5 Å². The lowest BCUT2D eigenvalue weighted by Crippen LogP contribution is -2.41. The van der Waals surface area contributed by atoms with E-state index in [0.717, 1.165) is 25.0 Å². The minimum Gasteiger partial charge on any atom is -0.304 e. The molecule has 0 saturated heterocycles. The van der Waals surface area contributed by atoms with Crippen molar-refractivity contribution in [2.24, 2.45) is 5.41 Å². The predicted molar refractivity (Wildman–Crippen MR) is 79.9 cm³/mol. The summed E-state index contributed by atoms with van der Waals surface area (Å²) < 4.78 is 26.7. The van der Waals surface area contributed by atoms with Crippen molar-refractivity contribution in [1.82, 2.24) is 0 Å². The molecule has 0 aromatic heterocycles. The topological polar surface area (TPSA) is 37.4 Å². The highest BCUT2D eigenvalue weighted by atomic mass is 79.9. The van der Waals surface area contributed by atoms with Crippen LogP contribution >= 0.6 is 15.9 Å². The number of Topliss-reactive ketones (excluding diaryl/α,β-unsaturated/α-hetero) is 1. The van der Waals surface area contributed by atoms with Gasteiger partial charge in [-0.1, -0.05) is 29.8 Å². The van der Waals surface area contributed by atoms with Crippen LogP contribution in [0.2, 0.25) is 0 Å². The third-order valence-electron chi connectivity index (χ3n) is 4.29. The molecule has 0 saturated carbocycles. The van der Waals surface area contributed by atoms with E-state index in [4.69, 9.17) is 0 Å². The van der Waals surface area contributed by atoms with E-state index < -0.39 is 23.3 Å². The molecule has 1 heterocycles. The minimum absolute atomic E-state index is 0.0606. The number of hydrogen-bond donors (Lipinski definition) is 0. The number of rotatable bonds is 5. The van der Waals surface area contributed by atoms with E-state index in [2.05, 4.69) is 15.9 Å². The molecule has 0 bridgehead atoms. The third kappa shape index (κ3) is 2.61. The first-order chi connectivity index (χ1) is 9.89. The number of benzene rings is 1. The van der Waals surface area contributed by atoms with Crippen molar-refractivity contribution in [3.8, 4) is 0 Å². The Morgan fingerprint density at radius 3 is 2.24 bits per heavy atom. The van der Waals surface area contributed by atoms with Gasteiger partial charge in [0.25, 0.3) is 11.7 Å². The van der Waals surface area contributed by atoms with Crippen molar-refractivity contribution in [2.75, 3.05) is 16.8 Å². The highest BCUT2D eigenvalue weighted by molar-refractivity contribution is 9.09. The average molecular weight is 360 g/mol. The summed E-state index contributed by atoms with van der Waals surface area (Å²) in [5.74, 6) is -3.67. The predicted octanol–water partition coefficient (Wildman–Crippen LogP) is 3.70. The Bertz CT molecular complexity index is 591. The SMILES string of the molecule is CCC(CC)(CBr)CN1C(=O)C(=O)c2cc(F)c(F)cc21. The first-order valence-electron chi connectivity index (χ1n) is 6.80. The molecule has 0 aliphatic carbocycles. The van der Waals surface area contributed by atoms with Crippen LogP contribution in [0.3, 0.4) is 0 Å². The van der Waals surface area contributed by atoms with E-state index in [1.54, 1.807) is 0 Å². The Balaban J connectivity index is 2.46. The number of alkyl halides is 1. The number of ketones is 1. The Morgan fingerprint density at radius 2 is 1.71 bits per heavy atom. The summed E-state index contributed by atoms with van der Waals surface area (Å²) in [6.45, 7) is 4.30. The standard InChI is InChI=1S/C15H16BrF2NO2/c1-3-15(4-2,7-16)8-19-12-6-11(18)10(17)5-9(12)13(20)14(19)21/h5-6H,3-4,7-8H2,1-2H3. The van der Waals surface area contributed by atoms with Gasteiger partial charge in [-0.3, -0.25) is 9.59 Å². The van der Waals surface area contributed by atoms with Gasteiger partial charge in [-0.25, -0.2) is 8.78 Å². The number of hydrogen-bond acceptors (Lipinski definition) is 2. The molecule has 6 heteroatoms. The van der Waals surface area contributed by atoms with Gasteiger partial charge in [-0.05, 0) is 24.3 Å². The second-order valence-corrected chi connectivity index (χ2v) is 5.91. The first-order valence-corrected chi connectivity index (χ1v) is 7.92. The molecule has 0 atom stereocenters. The van der Waals surface area contributed by atoms with Gasteiger partial charge in [0, 0.05) is 17.9 Å². The zero-order chi connectivity index (χ0) is 15.8. The molecular weight excluding hydrogens is 344 g/mol. The summed E-state index contributed by atoms with van der Waals surface area (Å²) in [6.07, 6.45) is 1.59. The highest BCUT2D eigenvalue weighted by Crippen LogP contribution is 2.37. The molecule has 21 heavy (non-hydrogen) atoms. The summed E-state index contributed by atoms with van der Waals surface area (Å²) in [5.41, 5.74) is -0.103. The lowest BCUT2D eigenvalue weighted by Gasteiger charge is -2.34. The lowest BCUT2D eigenvalue weighted by atomic mass is 9.84. The number of anilines is 1. The fraction of sp³-hybridized carbons (Fsp3) is 0.467. The summed E-state index contributed by atoms with van der Waals surface area (Å²) in [5, 5.41) is 0.657. The Kier molecular flexibility index (Phi) is 4.46.